The third-order valence-electron chi connectivity index (χ3n) is 7.19. The summed E-state index contributed by atoms with van der Waals surface area (Å²) in [5.41, 5.74) is 4.95. The number of benzene rings is 3. The van der Waals surface area contributed by atoms with Gasteiger partial charge >= 0.3 is 0 Å². The van der Waals surface area contributed by atoms with Crippen molar-refractivity contribution in [3.8, 4) is 0 Å². The molecule has 0 bridgehead atoms. The number of fused-ring (bicyclic) bond motifs is 1. The fourth-order valence-electron chi connectivity index (χ4n) is 5.17. The summed E-state index contributed by atoms with van der Waals surface area (Å²) in [6, 6.07) is 29.4. The Hall–Kier alpha value is -3.61. The summed E-state index contributed by atoms with van der Waals surface area (Å²) in [6.07, 6.45) is 3.84. The summed E-state index contributed by atoms with van der Waals surface area (Å²) in [7, 11) is 0. The van der Waals surface area contributed by atoms with E-state index in [-0.39, 0.29) is 11.9 Å². The van der Waals surface area contributed by atoms with Gasteiger partial charge in [0.15, 0.2) is 0 Å². The van der Waals surface area contributed by atoms with Crippen LogP contribution in [0.3, 0.4) is 0 Å². The number of piperazine rings is 1. The monoisotopic (exact) mass is 495 g/mol. The molecular weight excluding hydrogens is 458 g/mol. The zero-order chi connectivity index (χ0) is 25.3. The highest BCUT2D eigenvalue weighted by Gasteiger charge is 2.21. The molecule has 2 heterocycles. The Morgan fingerprint density at radius 1 is 0.865 bits per heavy atom. The zero-order valence-corrected chi connectivity index (χ0v) is 21.4. The third kappa shape index (κ3) is 7.00. The minimum absolute atomic E-state index is 0.0214. The van der Waals surface area contributed by atoms with E-state index in [9.17, 15) is 4.79 Å². The van der Waals surface area contributed by atoms with E-state index in [1.54, 1.807) is 0 Å². The van der Waals surface area contributed by atoms with Crippen LogP contribution in [0.1, 0.15) is 11.1 Å². The Bertz CT molecular complexity index is 1250. The van der Waals surface area contributed by atoms with Gasteiger partial charge in [0, 0.05) is 61.6 Å². The van der Waals surface area contributed by atoms with Crippen molar-refractivity contribution in [2.75, 3.05) is 50.7 Å². The number of nitrogens with zero attached hydrogens (tertiary/aromatic N) is 2. The molecular formula is C31H37N5O. The Labute approximate surface area is 219 Å². The molecule has 1 unspecified atom stereocenters. The number of nitrogens with one attached hydrogen (secondary N) is 3. The highest BCUT2D eigenvalue weighted by atomic mass is 16.2. The van der Waals surface area contributed by atoms with Gasteiger partial charge in [-0.1, -0.05) is 66.7 Å². The molecule has 6 nitrogen and oxygen atoms in total. The lowest BCUT2D eigenvalue weighted by atomic mass is 10.0. The van der Waals surface area contributed by atoms with E-state index in [0.29, 0.717) is 6.54 Å². The average molecular weight is 496 g/mol. The van der Waals surface area contributed by atoms with Crippen LogP contribution in [0.25, 0.3) is 10.9 Å². The maximum Gasteiger partial charge on any atom is 0.234 e. The Morgan fingerprint density at radius 3 is 2.35 bits per heavy atom. The SMILES string of the molecule is O=C(CN1CCN(c2ccccc2)CC1)NC(CNCCc1ccccc1)Cc1c[nH]c2ccccc12. The molecule has 1 aliphatic rings. The second-order valence-corrected chi connectivity index (χ2v) is 9.87. The summed E-state index contributed by atoms with van der Waals surface area (Å²) in [5.74, 6) is 0.0999. The van der Waals surface area contributed by atoms with E-state index < -0.39 is 0 Å². The Balaban J connectivity index is 1.15. The predicted molar refractivity (Wildman–Crippen MR) is 152 cm³/mol. The summed E-state index contributed by atoms with van der Waals surface area (Å²) < 4.78 is 0. The molecule has 1 atom stereocenters. The summed E-state index contributed by atoms with van der Waals surface area (Å²) in [6.45, 7) is 5.73. The number of hydrogen-bond donors (Lipinski definition) is 3. The molecule has 1 aliphatic heterocycles. The van der Waals surface area contributed by atoms with Crippen molar-refractivity contribution in [1.29, 1.82) is 0 Å². The van der Waals surface area contributed by atoms with Crippen molar-refractivity contribution in [3.05, 3.63) is 102 Å². The van der Waals surface area contributed by atoms with Crippen molar-refractivity contribution in [1.82, 2.24) is 20.5 Å². The molecule has 0 saturated carbocycles. The lowest BCUT2D eigenvalue weighted by Crippen LogP contribution is -2.52. The first kappa shape index (κ1) is 25.1. The van der Waals surface area contributed by atoms with E-state index in [1.165, 1.54) is 22.2 Å². The van der Waals surface area contributed by atoms with Gasteiger partial charge in [-0.15, -0.1) is 0 Å². The van der Waals surface area contributed by atoms with E-state index in [4.69, 9.17) is 0 Å². The van der Waals surface area contributed by atoms with Crippen molar-refractivity contribution in [2.45, 2.75) is 18.9 Å². The van der Waals surface area contributed by atoms with Gasteiger partial charge in [0.2, 0.25) is 5.91 Å². The van der Waals surface area contributed by atoms with E-state index in [0.717, 1.165) is 57.6 Å². The van der Waals surface area contributed by atoms with Crippen molar-refractivity contribution >= 4 is 22.5 Å². The molecule has 6 heteroatoms. The number of anilines is 1. The first-order valence-electron chi connectivity index (χ1n) is 13.4. The van der Waals surface area contributed by atoms with Gasteiger partial charge in [0.1, 0.15) is 0 Å². The van der Waals surface area contributed by atoms with Gasteiger partial charge in [-0.05, 0) is 48.7 Å². The van der Waals surface area contributed by atoms with Crippen molar-refractivity contribution < 1.29 is 4.79 Å². The van der Waals surface area contributed by atoms with E-state index >= 15 is 0 Å². The molecule has 192 valence electrons. The molecule has 37 heavy (non-hydrogen) atoms. The standard InChI is InChI=1S/C31H37N5O/c37-31(24-35-17-19-36(20-18-35)28-11-5-2-6-12-28)34-27(23-32-16-15-25-9-3-1-4-10-25)21-26-22-33-30-14-8-7-13-29(26)30/h1-14,22,27,32-33H,15-21,23-24H2,(H,34,37). The van der Waals surface area contributed by atoms with Gasteiger partial charge < -0.3 is 20.5 Å². The first-order valence-corrected chi connectivity index (χ1v) is 13.4. The number of carbonyl (C=O) groups excluding carboxylic acids is 1. The van der Waals surface area contributed by atoms with E-state index in [1.807, 2.05) is 18.2 Å². The highest BCUT2D eigenvalue weighted by Crippen LogP contribution is 2.19. The fourth-order valence-corrected chi connectivity index (χ4v) is 5.17. The Kier molecular flexibility index (Phi) is 8.51. The van der Waals surface area contributed by atoms with Gasteiger partial charge in [0.05, 0.1) is 6.54 Å². The highest BCUT2D eigenvalue weighted by molar-refractivity contribution is 5.83. The lowest BCUT2D eigenvalue weighted by Gasteiger charge is -2.36. The maximum atomic E-state index is 13.1. The normalized spacial score (nSPS) is 15.1. The molecule has 3 aromatic carbocycles. The molecule has 5 rings (SSSR count). The molecule has 3 N–H and O–H groups in total. The molecule has 1 amide bonds. The van der Waals surface area contributed by atoms with Crippen molar-refractivity contribution in [3.63, 3.8) is 0 Å². The van der Waals surface area contributed by atoms with Crippen LogP contribution in [0.15, 0.2) is 91.1 Å². The minimum atomic E-state index is 0.0214. The minimum Gasteiger partial charge on any atom is -0.369 e. The predicted octanol–water partition coefficient (Wildman–Crippen LogP) is 3.85. The Morgan fingerprint density at radius 2 is 1.57 bits per heavy atom. The first-order chi connectivity index (χ1) is 18.2. The van der Waals surface area contributed by atoms with Crippen LogP contribution in [0.4, 0.5) is 5.69 Å². The van der Waals surface area contributed by atoms with Gasteiger partial charge in [0.25, 0.3) is 0 Å². The topological polar surface area (TPSA) is 63.4 Å². The summed E-state index contributed by atoms with van der Waals surface area (Å²) in [4.78, 5) is 21.1. The van der Waals surface area contributed by atoms with Crippen molar-refractivity contribution in [2.24, 2.45) is 0 Å². The second kappa shape index (κ2) is 12.6. The average Bonchev–Trinajstić information content (AvgIpc) is 3.35. The molecule has 0 spiro atoms. The second-order valence-electron chi connectivity index (χ2n) is 9.87. The van der Waals surface area contributed by atoms with Crippen LogP contribution in [0, 0.1) is 0 Å². The molecule has 0 aliphatic carbocycles. The third-order valence-corrected chi connectivity index (χ3v) is 7.19. The smallest absolute Gasteiger partial charge is 0.234 e. The van der Waals surface area contributed by atoms with Crippen LogP contribution in [-0.4, -0.2) is 67.6 Å². The van der Waals surface area contributed by atoms with Crippen LogP contribution < -0.4 is 15.5 Å². The summed E-state index contributed by atoms with van der Waals surface area (Å²) >= 11 is 0. The van der Waals surface area contributed by atoms with Crippen LogP contribution in [0.2, 0.25) is 0 Å². The number of para-hydroxylation sites is 2. The van der Waals surface area contributed by atoms with Gasteiger partial charge in [-0.2, -0.15) is 0 Å². The van der Waals surface area contributed by atoms with Crippen LogP contribution in [0.5, 0.6) is 0 Å². The van der Waals surface area contributed by atoms with Crippen LogP contribution >= 0.6 is 0 Å². The number of aromatic nitrogens is 1. The number of H-pyrrole nitrogens is 1. The molecule has 1 fully saturated rings. The van der Waals surface area contributed by atoms with Gasteiger partial charge in [-0.25, -0.2) is 0 Å². The fraction of sp³-hybridized carbons (Fsp3) is 0.323. The largest absolute Gasteiger partial charge is 0.369 e. The summed E-state index contributed by atoms with van der Waals surface area (Å²) in [5, 5.41) is 8.15. The van der Waals surface area contributed by atoms with Gasteiger partial charge in [-0.3, -0.25) is 9.69 Å². The lowest BCUT2D eigenvalue weighted by molar-refractivity contribution is -0.123. The van der Waals surface area contributed by atoms with Crippen LogP contribution in [-0.2, 0) is 17.6 Å². The molecule has 0 radical (unpaired) electrons. The molecule has 4 aromatic rings. The number of amides is 1. The number of aromatic amines is 1. The quantitative estimate of drug-likeness (QED) is 0.277. The molecule has 1 aromatic heterocycles. The zero-order valence-electron chi connectivity index (χ0n) is 21.4. The number of carbonyl (C=O) groups is 1. The van der Waals surface area contributed by atoms with E-state index in [2.05, 4.69) is 98.3 Å². The number of rotatable bonds is 11. The number of hydrogen-bond acceptors (Lipinski definition) is 4. The molecule has 1 saturated heterocycles. The maximum absolute atomic E-state index is 13.1.